The fraction of sp³-hybridized carbons (Fsp3) is 0.417. The van der Waals surface area contributed by atoms with E-state index in [0.717, 1.165) is 23.3 Å². The van der Waals surface area contributed by atoms with E-state index in [1.807, 2.05) is 0 Å². The van der Waals surface area contributed by atoms with Crippen molar-refractivity contribution in [3.05, 3.63) is 50.1 Å². The Labute approximate surface area is 215 Å². The lowest BCUT2D eigenvalue weighted by Gasteiger charge is -2.25. The van der Waals surface area contributed by atoms with Crippen molar-refractivity contribution in [2.24, 2.45) is 0 Å². The first-order chi connectivity index (χ1) is 16.9. The van der Waals surface area contributed by atoms with Gasteiger partial charge in [0.1, 0.15) is 4.83 Å². The molecule has 1 atom stereocenters. The number of anilines is 1. The van der Waals surface area contributed by atoms with Crippen molar-refractivity contribution >= 4 is 62.4 Å². The molecule has 0 unspecified atom stereocenters. The maximum absolute atomic E-state index is 13.7. The Hall–Kier alpha value is -2.40. The van der Waals surface area contributed by atoms with Gasteiger partial charge in [0.15, 0.2) is 5.16 Å². The quantitative estimate of drug-likeness (QED) is 0.382. The molecule has 1 aromatic carbocycles. The van der Waals surface area contributed by atoms with E-state index in [-0.39, 0.29) is 29.2 Å². The highest BCUT2D eigenvalue weighted by atomic mass is 35.5. The largest absolute Gasteiger partial charge is 0.376 e. The predicted octanol–water partition coefficient (Wildman–Crippen LogP) is 3.93. The fourth-order valence-corrected chi connectivity index (χ4v) is 6.66. The summed E-state index contributed by atoms with van der Waals surface area (Å²) in [5.41, 5.74) is 1.55. The van der Waals surface area contributed by atoms with Gasteiger partial charge in [0.25, 0.3) is 5.56 Å². The van der Waals surface area contributed by atoms with Crippen molar-refractivity contribution < 1.29 is 14.3 Å². The summed E-state index contributed by atoms with van der Waals surface area (Å²) in [6, 6.07) is 6.90. The van der Waals surface area contributed by atoms with Crippen LogP contribution in [0, 0.1) is 0 Å². The number of rotatable bonds is 6. The van der Waals surface area contributed by atoms with E-state index in [0.29, 0.717) is 58.7 Å². The third-order valence-electron chi connectivity index (χ3n) is 6.24. The molecule has 4 heterocycles. The summed E-state index contributed by atoms with van der Waals surface area (Å²) in [5, 5.41) is 4.59. The van der Waals surface area contributed by atoms with Crippen molar-refractivity contribution in [1.82, 2.24) is 14.5 Å². The van der Waals surface area contributed by atoms with Crippen LogP contribution in [0.5, 0.6) is 0 Å². The number of hydrogen-bond acceptors (Lipinski definition) is 7. The third-order valence-corrected chi connectivity index (χ3v) is 8.58. The number of nitrogens with one attached hydrogen (secondary N) is 1. The monoisotopic (exact) mass is 532 g/mol. The van der Waals surface area contributed by atoms with Crippen LogP contribution in [0.15, 0.2) is 34.2 Å². The molecule has 0 bridgehead atoms. The molecule has 184 valence electrons. The third kappa shape index (κ3) is 5.25. The van der Waals surface area contributed by atoms with Gasteiger partial charge in [-0.15, -0.1) is 11.3 Å². The number of thioether (sulfide) groups is 1. The fourth-order valence-electron chi connectivity index (χ4n) is 4.45. The molecule has 1 saturated heterocycles. The number of thiophene rings is 1. The zero-order valence-electron chi connectivity index (χ0n) is 19.2. The van der Waals surface area contributed by atoms with Crippen molar-refractivity contribution in [2.45, 2.75) is 50.5 Å². The summed E-state index contributed by atoms with van der Waals surface area (Å²) in [6.07, 6.45) is 2.45. The first-order valence-electron chi connectivity index (χ1n) is 11.5. The summed E-state index contributed by atoms with van der Waals surface area (Å²) in [7, 11) is 0. The standard InChI is InChI=1S/C24H25ClN4O4S2/c1-14(30)28-9-8-18-19(12-28)35-22-21(18)23(32)29(11-17-3-2-10-33-17)24(27-22)34-13-20(31)26-16-6-4-15(25)5-7-16/h4-7,17H,2-3,8-13H2,1H3,(H,26,31)/t17-/m1/s1. The van der Waals surface area contributed by atoms with Gasteiger partial charge < -0.3 is 15.0 Å². The molecule has 0 saturated carbocycles. The lowest BCUT2D eigenvalue weighted by atomic mass is 10.1. The van der Waals surface area contributed by atoms with Gasteiger partial charge >= 0.3 is 0 Å². The lowest BCUT2D eigenvalue weighted by molar-refractivity contribution is -0.129. The van der Waals surface area contributed by atoms with E-state index in [1.165, 1.54) is 23.1 Å². The number of fused-ring (bicyclic) bond motifs is 3. The zero-order valence-corrected chi connectivity index (χ0v) is 21.6. The van der Waals surface area contributed by atoms with E-state index in [4.69, 9.17) is 21.3 Å². The minimum Gasteiger partial charge on any atom is -0.376 e. The number of aromatic nitrogens is 2. The molecule has 2 aliphatic rings. The van der Waals surface area contributed by atoms with E-state index in [2.05, 4.69) is 5.32 Å². The summed E-state index contributed by atoms with van der Waals surface area (Å²) in [6.45, 7) is 3.77. The summed E-state index contributed by atoms with van der Waals surface area (Å²) in [5.74, 6) is -0.0623. The van der Waals surface area contributed by atoms with Crippen LogP contribution in [0.2, 0.25) is 5.02 Å². The predicted molar refractivity (Wildman–Crippen MR) is 138 cm³/mol. The van der Waals surface area contributed by atoms with Crippen LogP contribution in [0.4, 0.5) is 5.69 Å². The molecule has 2 amide bonds. The molecule has 5 rings (SSSR count). The molecule has 2 aliphatic heterocycles. The number of nitrogens with zero attached hydrogens (tertiary/aromatic N) is 3. The molecular weight excluding hydrogens is 508 g/mol. The number of amides is 2. The van der Waals surface area contributed by atoms with Crippen molar-refractivity contribution in [2.75, 3.05) is 24.2 Å². The molecule has 0 aliphatic carbocycles. The molecule has 3 aromatic rings. The first-order valence-corrected chi connectivity index (χ1v) is 13.7. The van der Waals surface area contributed by atoms with Crippen molar-refractivity contribution in [1.29, 1.82) is 0 Å². The topological polar surface area (TPSA) is 93.5 Å². The molecule has 8 nitrogen and oxygen atoms in total. The Kier molecular flexibility index (Phi) is 7.15. The number of carbonyl (C=O) groups is 2. The van der Waals surface area contributed by atoms with Gasteiger partial charge in [0.05, 0.1) is 30.3 Å². The molecule has 35 heavy (non-hydrogen) atoms. The second-order valence-corrected chi connectivity index (χ2v) is 11.1. The number of benzene rings is 1. The maximum atomic E-state index is 13.7. The van der Waals surface area contributed by atoms with Crippen LogP contribution in [-0.2, 0) is 33.8 Å². The second-order valence-electron chi connectivity index (χ2n) is 8.66. The first kappa shape index (κ1) is 24.3. The van der Waals surface area contributed by atoms with Crippen LogP contribution in [0.25, 0.3) is 10.2 Å². The van der Waals surface area contributed by atoms with Crippen LogP contribution < -0.4 is 10.9 Å². The normalized spacial score (nSPS) is 17.5. The van der Waals surface area contributed by atoms with Crippen LogP contribution in [0.1, 0.15) is 30.2 Å². The SMILES string of the molecule is CC(=O)N1CCc2c(sc3nc(SCC(=O)Nc4ccc(Cl)cc4)n(C[C@H]4CCCO4)c(=O)c23)C1. The molecular formula is C24H25ClN4O4S2. The van der Waals surface area contributed by atoms with E-state index >= 15 is 0 Å². The second kappa shape index (κ2) is 10.3. The number of ether oxygens (including phenoxy) is 1. The molecule has 11 heteroatoms. The molecule has 1 N–H and O–H groups in total. The molecule has 0 radical (unpaired) electrons. The highest BCUT2D eigenvalue weighted by molar-refractivity contribution is 7.99. The number of halogens is 1. The smallest absolute Gasteiger partial charge is 0.263 e. The highest BCUT2D eigenvalue weighted by Crippen LogP contribution is 2.34. The van der Waals surface area contributed by atoms with Gasteiger partial charge in [-0.1, -0.05) is 23.4 Å². The Morgan fingerprint density at radius 1 is 1.31 bits per heavy atom. The van der Waals surface area contributed by atoms with E-state index in [9.17, 15) is 14.4 Å². The Morgan fingerprint density at radius 3 is 2.83 bits per heavy atom. The minimum absolute atomic E-state index is 0.0276. The Morgan fingerprint density at radius 2 is 2.11 bits per heavy atom. The molecule has 2 aromatic heterocycles. The van der Waals surface area contributed by atoms with Crippen LogP contribution in [-0.4, -0.2) is 51.3 Å². The highest BCUT2D eigenvalue weighted by Gasteiger charge is 2.27. The molecule has 0 spiro atoms. The van der Waals surface area contributed by atoms with Gasteiger partial charge in [-0.25, -0.2) is 4.98 Å². The van der Waals surface area contributed by atoms with Gasteiger partial charge in [0, 0.05) is 35.7 Å². The lowest BCUT2D eigenvalue weighted by Crippen LogP contribution is -2.34. The van der Waals surface area contributed by atoms with Crippen LogP contribution in [0.3, 0.4) is 0 Å². The molecule has 1 fully saturated rings. The van der Waals surface area contributed by atoms with Crippen LogP contribution >= 0.6 is 34.7 Å². The summed E-state index contributed by atoms with van der Waals surface area (Å²) < 4.78 is 7.47. The average molecular weight is 533 g/mol. The summed E-state index contributed by atoms with van der Waals surface area (Å²) in [4.78, 5) is 46.5. The van der Waals surface area contributed by atoms with Gasteiger partial charge in [-0.05, 0) is 49.1 Å². The zero-order chi connectivity index (χ0) is 24.5. The van der Waals surface area contributed by atoms with Crippen molar-refractivity contribution in [3.63, 3.8) is 0 Å². The van der Waals surface area contributed by atoms with Gasteiger partial charge in [0.2, 0.25) is 11.8 Å². The van der Waals surface area contributed by atoms with E-state index < -0.39 is 0 Å². The number of hydrogen-bond donors (Lipinski definition) is 1. The maximum Gasteiger partial charge on any atom is 0.263 e. The Bertz CT molecular complexity index is 1330. The van der Waals surface area contributed by atoms with Crippen molar-refractivity contribution in [3.8, 4) is 0 Å². The summed E-state index contributed by atoms with van der Waals surface area (Å²) >= 11 is 8.62. The minimum atomic E-state index is -0.196. The average Bonchev–Trinajstić information content (AvgIpc) is 3.48. The Balaban J connectivity index is 1.44. The number of carbonyl (C=O) groups excluding carboxylic acids is 2. The van der Waals surface area contributed by atoms with Gasteiger partial charge in [-0.3, -0.25) is 19.0 Å². The van der Waals surface area contributed by atoms with E-state index in [1.54, 1.807) is 40.7 Å². The van der Waals surface area contributed by atoms with Gasteiger partial charge in [-0.2, -0.15) is 0 Å².